The molecule has 0 radical (unpaired) electrons. The van der Waals surface area contributed by atoms with Crippen LogP contribution in [0.1, 0.15) is 43.2 Å². The van der Waals surface area contributed by atoms with Gasteiger partial charge in [-0.15, -0.1) is 0 Å². The van der Waals surface area contributed by atoms with Crippen LogP contribution in [0.2, 0.25) is 0 Å². The molecule has 1 aliphatic rings. The lowest BCUT2D eigenvalue weighted by Crippen LogP contribution is -2.43. The van der Waals surface area contributed by atoms with Gasteiger partial charge in [0, 0.05) is 32.6 Å². The number of carbonyl (C=O) groups is 1. The monoisotopic (exact) mass is 374 g/mol. The van der Waals surface area contributed by atoms with Gasteiger partial charge in [0.05, 0.1) is 7.11 Å². The van der Waals surface area contributed by atoms with Crippen LogP contribution < -0.4 is 20.7 Å². The van der Waals surface area contributed by atoms with Crippen molar-refractivity contribution in [1.82, 2.24) is 16.0 Å². The maximum atomic E-state index is 12.1. The molecule has 0 bridgehead atoms. The first-order chi connectivity index (χ1) is 13.1. The molecule has 0 unspecified atom stereocenters. The lowest BCUT2D eigenvalue weighted by molar-refractivity contribution is -0.125. The van der Waals surface area contributed by atoms with E-state index < -0.39 is 0 Å². The normalized spacial score (nSPS) is 15.3. The van der Waals surface area contributed by atoms with E-state index in [0.717, 1.165) is 43.1 Å². The molecule has 150 valence electrons. The van der Waals surface area contributed by atoms with Crippen molar-refractivity contribution in [2.24, 2.45) is 10.9 Å². The van der Waals surface area contributed by atoms with Gasteiger partial charge in [0.25, 0.3) is 0 Å². The maximum Gasteiger partial charge on any atom is 0.223 e. The third-order valence-electron chi connectivity index (χ3n) is 5.09. The number of rotatable bonds is 8. The molecule has 0 aliphatic heterocycles. The molecule has 1 aliphatic carbocycles. The van der Waals surface area contributed by atoms with Gasteiger partial charge < -0.3 is 20.7 Å². The minimum Gasteiger partial charge on any atom is -0.496 e. The Kier molecular flexibility index (Phi) is 8.95. The summed E-state index contributed by atoms with van der Waals surface area (Å²) >= 11 is 0. The molecular weight excluding hydrogens is 340 g/mol. The molecule has 2 rings (SSSR count). The number of amides is 1. The summed E-state index contributed by atoms with van der Waals surface area (Å²) in [5.74, 6) is 2.08. The summed E-state index contributed by atoms with van der Waals surface area (Å²) in [5, 5.41) is 9.59. The van der Waals surface area contributed by atoms with Crippen molar-refractivity contribution in [3.8, 4) is 5.75 Å². The SMILES string of the molecule is CN=C(NCCNC(=O)C1CCCCC1)NCCc1ccc(C)c(OC)c1. The van der Waals surface area contributed by atoms with Crippen LogP contribution in [0.4, 0.5) is 0 Å². The topological polar surface area (TPSA) is 74.8 Å². The number of hydrogen-bond donors (Lipinski definition) is 3. The van der Waals surface area contributed by atoms with E-state index in [4.69, 9.17) is 4.74 Å². The molecule has 1 aromatic carbocycles. The van der Waals surface area contributed by atoms with E-state index >= 15 is 0 Å². The lowest BCUT2D eigenvalue weighted by Gasteiger charge is -2.21. The number of ether oxygens (including phenoxy) is 1. The fourth-order valence-electron chi connectivity index (χ4n) is 3.44. The van der Waals surface area contributed by atoms with Crippen molar-refractivity contribution in [1.29, 1.82) is 0 Å². The van der Waals surface area contributed by atoms with Crippen LogP contribution in [-0.4, -0.2) is 45.7 Å². The summed E-state index contributed by atoms with van der Waals surface area (Å²) < 4.78 is 5.37. The Labute approximate surface area is 163 Å². The Balaban J connectivity index is 1.63. The molecule has 3 N–H and O–H groups in total. The zero-order chi connectivity index (χ0) is 19.5. The van der Waals surface area contributed by atoms with Crippen molar-refractivity contribution in [3.63, 3.8) is 0 Å². The third-order valence-corrected chi connectivity index (χ3v) is 5.09. The van der Waals surface area contributed by atoms with E-state index in [9.17, 15) is 4.79 Å². The summed E-state index contributed by atoms with van der Waals surface area (Å²) in [6.45, 7) is 4.10. The van der Waals surface area contributed by atoms with E-state index in [2.05, 4.69) is 39.1 Å². The largest absolute Gasteiger partial charge is 0.496 e. The van der Waals surface area contributed by atoms with Crippen molar-refractivity contribution in [2.75, 3.05) is 33.8 Å². The number of methoxy groups -OCH3 is 1. The zero-order valence-corrected chi connectivity index (χ0v) is 16.9. The van der Waals surface area contributed by atoms with E-state index in [1.807, 2.05) is 6.92 Å². The molecule has 0 spiro atoms. The Morgan fingerprint density at radius 3 is 2.52 bits per heavy atom. The second-order valence-corrected chi connectivity index (χ2v) is 7.11. The average Bonchev–Trinajstić information content (AvgIpc) is 2.71. The first kappa shape index (κ1) is 21.1. The van der Waals surface area contributed by atoms with Crippen molar-refractivity contribution in [2.45, 2.75) is 45.4 Å². The molecule has 6 heteroatoms. The number of nitrogens with zero attached hydrogens (tertiary/aromatic N) is 1. The molecule has 1 aromatic rings. The summed E-state index contributed by atoms with van der Waals surface area (Å²) in [7, 11) is 3.45. The highest BCUT2D eigenvalue weighted by Crippen LogP contribution is 2.23. The third kappa shape index (κ3) is 7.12. The standard InChI is InChI=1S/C21H34N4O2/c1-16-9-10-17(15-19(16)27-3)11-12-24-21(22-2)25-14-13-23-20(26)18-7-5-4-6-8-18/h9-10,15,18H,4-8,11-14H2,1-3H3,(H,23,26)(H2,22,24,25). The maximum absolute atomic E-state index is 12.1. The van der Waals surface area contributed by atoms with E-state index in [1.165, 1.54) is 24.8 Å². The molecule has 0 atom stereocenters. The van der Waals surface area contributed by atoms with Gasteiger partial charge in [-0.05, 0) is 43.4 Å². The average molecular weight is 375 g/mol. The van der Waals surface area contributed by atoms with Gasteiger partial charge in [0.2, 0.25) is 5.91 Å². The Bertz CT molecular complexity index is 625. The van der Waals surface area contributed by atoms with Crippen LogP contribution in [0.25, 0.3) is 0 Å². The van der Waals surface area contributed by atoms with Crippen molar-refractivity contribution in [3.05, 3.63) is 29.3 Å². The highest BCUT2D eigenvalue weighted by molar-refractivity contribution is 5.80. The Morgan fingerprint density at radius 2 is 1.81 bits per heavy atom. The molecule has 0 heterocycles. The van der Waals surface area contributed by atoms with Crippen molar-refractivity contribution >= 4 is 11.9 Å². The summed E-state index contributed by atoms with van der Waals surface area (Å²) in [6, 6.07) is 6.28. The number of aliphatic imine (C=N–C) groups is 1. The number of guanidine groups is 1. The van der Waals surface area contributed by atoms with E-state index in [1.54, 1.807) is 14.2 Å². The predicted molar refractivity (Wildman–Crippen MR) is 110 cm³/mol. The predicted octanol–water partition coefficient (Wildman–Crippen LogP) is 2.41. The molecule has 0 saturated heterocycles. The fourth-order valence-corrected chi connectivity index (χ4v) is 3.44. The molecule has 1 saturated carbocycles. The first-order valence-electron chi connectivity index (χ1n) is 9.99. The molecule has 6 nitrogen and oxygen atoms in total. The van der Waals surface area contributed by atoms with Gasteiger partial charge in [-0.3, -0.25) is 9.79 Å². The highest BCUT2D eigenvalue weighted by Gasteiger charge is 2.20. The number of nitrogens with one attached hydrogen (secondary N) is 3. The van der Waals surface area contributed by atoms with Crippen LogP contribution in [0.3, 0.4) is 0 Å². The Hall–Kier alpha value is -2.24. The second kappa shape index (κ2) is 11.5. The van der Waals surface area contributed by atoms with E-state index in [-0.39, 0.29) is 11.8 Å². The van der Waals surface area contributed by atoms with Crippen LogP contribution in [0.5, 0.6) is 5.75 Å². The number of carbonyl (C=O) groups excluding carboxylic acids is 1. The van der Waals surface area contributed by atoms with E-state index in [0.29, 0.717) is 13.1 Å². The minimum atomic E-state index is 0.202. The fraction of sp³-hybridized carbons (Fsp3) is 0.619. The van der Waals surface area contributed by atoms with Crippen LogP contribution in [-0.2, 0) is 11.2 Å². The second-order valence-electron chi connectivity index (χ2n) is 7.11. The van der Waals surface area contributed by atoms with Crippen molar-refractivity contribution < 1.29 is 9.53 Å². The summed E-state index contributed by atoms with van der Waals surface area (Å²) in [6.07, 6.45) is 6.58. The molecule has 0 aromatic heterocycles. The molecule has 1 fully saturated rings. The number of aryl methyl sites for hydroxylation is 1. The van der Waals surface area contributed by atoms with Gasteiger partial charge in [-0.25, -0.2) is 0 Å². The number of benzene rings is 1. The summed E-state index contributed by atoms with van der Waals surface area (Å²) in [4.78, 5) is 16.4. The van der Waals surface area contributed by atoms with Gasteiger partial charge in [-0.1, -0.05) is 31.4 Å². The highest BCUT2D eigenvalue weighted by atomic mass is 16.5. The van der Waals surface area contributed by atoms with Gasteiger partial charge >= 0.3 is 0 Å². The summed E-state index contributed by atoms with van der Waals surface area (Å²) in [5.41, 5.74) is 2.36. The quantitative estimate of drug-likeness (QED) is 0.371. The number of hydrogen-bond acceptors (Lipinski definition) is 3. The van der Waals surface area contributed by atoms with Crippen LogP contribution in [0.15, 0.2) is 23.2 Å². The van der Waals surface area contributed by atoms with Gasteiger partial charge in [0.15, 0.2) is 5.96 Å². The molecule has 1 amide bonds. The lowest BCUT2D eigenvalue weighted by atomic mass is 9.89. The van der Waals surface area contributed by atoms with Crippen LogP contribution in [0, 0.1) is 12.8 Å². The Morgan fingerprint density at radius 1 is 1.11 bits per heavy atom. The first-order valence-corrected chi connectivity index (χ1v) is 9.99. The minimum absolute atomic E-state index is 0.202. The molecule has 27 heavy (non-hydrogen) atoms. The smallest absolute Gasteiger partial charge is 0.223 e. The zero-order valence-electron chi connectivity index (χ0n) is 16.9. The molecular formula is C21H34N4O2. The van der Waals surface area contributed by atoms with Gasteiger partial charge in [-0.2, -0.15) is 0 Å². The van der Waals surface area contributed by atoms with Gasteiger partial charge in [0.1, 0.15) is 5.75 Å². The van der Waals surface area contributed by atoms with Crippen LogP contribution >= 0.6 is 0 Å².